The lowest BCUT2D eigenvalue weighted by molar-refractivity contribution is -0.129. The summed E-state index contributed by atoms with van der Waals surface area (Å²) in [4.78, 5) is 16.7. The van der Waals surface area contributed by atoms with Crippen LogP contribution in [0.25, 0.3) is 6.08 Å². The zero-order chi connectivity index (χ0) is 20.8. The lowest BCUT2D eigenvalue weighted by Gasteiger charge is -2.14. The number of esters is 1. The van der Waals surface area contributed by atoms with Gasteiger partial charge in [-0.3, -0.25) is 0 Å². The van der Waals surface area contributed by atoms with Crippen molar-refractivity contribution in [2.75, 3.05) is 21.3 Å². The number of aryl methyl sites for hydroxylation is 1. The zero-order valence-electron chi connectivity index (χ0n) is 17.2. The van der Waals surface area contributed by atoms with Gasteiger partial charge in [-0.2, -0.15) is 0 Å². The molecule has 0 spiro atoms. The topological polar surface area (TPSA) is 66.3 Å². The Labute approximate surface area is 170 Å². The summed E-state index contributed by atoms with van der Waals surface area (Å²) < 4.78 is 21.5. The molecular weight excluding hydrogens is 370 g/mol. The number of hydrogen-bond donors (Lipinski definition) is 0. The van der Waals surface area contributed by atoms with Gasteiger partial charge in [0.25, 0.3) is 0 Å². The standard InChI is InChI=1S/C23H25NO5/c1-5-6-7-15-8-10-16(11-9-15)22-24-18(23(25)29-22)14-17-12-13-19(26-2)21(28-4)20(17)27-3/h8-14H,5-7H2,1-4H3. The van der Waals surface area contributed by atoms with E-state index in [1.165, 1.54) is 19.8 Å². The number of cyclic esters (lactones) is 1. The van der Waals surface area contributed by atoms with Gasteiger partial charge in [0.1, 0.15) is 0 Å². The summed E-state index contributed by atoms with van der Waals surface area (Å²) in [6.45, 7) is 2.17. The molecule has 152 valence electrons. The number of nitrogens with zero attached hydrogens (tertiary/aromatic N) is 1. The number of carbonyl (C=O) groups is 1. The van der Waals surface area contributed by atoms with E-state index in [9.17, 15) is 4.79 Å². The summed E-state index contributed by atoms with van der Waals surface area (Å²) in [5.41, 5.74) is 2.85. The Kier molecular flexibility index (Phi) is 6.54. The van der Waals surface area contributed by atoms with Crippen LogP contribution in [-0.4, -0.2) is 33.2 Å². The minimum Gasteiger partial charge on any atom is -0.493 e. The predicted octanol–water partition coefficient (Wildman–Crippen LogP) is 4.40. The van der Waals surface area contributed by atoms with Crippen LogP contribution >= 0.6 is 0 Å². The van der Waals surface area contributed by atoms with Crippen molar-refractivity contribution in [1.29, 1.82) is 0 Å². The van der Waals surface area contributed by atoms with Crippen LogP contribution in [0.3, 0.4) is 0 Å². The van der Waals surface area contributed by atoms with Gasteiger partial charge in [0.15, 0.2) is 17.2 Å². The number of ether oxygens (including phenoxy) is 4. The van der Waals surface area contributed by atoms with Crippen LogP contribution in [0.2, 0.25) is 0 Å². The van der Waals surface area contributed by atoms with Crippen LogP contribution in [-0.2, 0) is 16.0 Å². The Hall–Kier alpha value is -3.28. The maximum atomic E-state index is 12.3. The highest BCUT2D eigenvalue weighted by atomic mass is 16.6. The highest BCUT2D eigenvalue weighted by Crippen LogP contribution is 2.40. The maximum absolute atomic E-state index is 12.3. The van der Waals surface area contributed by atoms with Crippen molar-refractivity contribution in [3.8, 4) is 17.2 Å². The normalized spacial score (nSPS) is 14.6. The molecule has 1 aliphatic heterocycles. The molecule has 0 unspecified atom stereocenters. The summed E-state index contributed by atoms with van der Waals surface area (Å²) in [7, 11) is 4.61. The monoisotopic (exact) mass is 395 g/mol. The molecular formula is C23H25NO5. The average molecular weight is 395 g/mol. The summed E-state index contributed by atoms with van der Waals surface area (Å²) in [6.07, 6.45) is 4.95. The number of rotatable bonds is 8. The minimum atomic E-state index is -0.508. The largest absolute Gasteiger partial charge is 0.493 e. The molecule has 6 heteroatoms. The Morgan fingerprint density at radius 2 is 1.69 bits per heavy atom. The molecule has 6 nitrogen and oxygen atoms in total. The molecule has 0 saturated carbocycles. The van der Waals surface area contributed by atoms with Gasteiger partial charge in [-0.1, -0.05) is 25.5 Å². The summed E-state index contributed by atoms with van der Waals surface area (Å²) in [5.74, 6) is 1.22. The second-order valence-electron chi connectivity index (χ2n) is 6.56. The lowest BCUT2D eigenvalue weighted by Crippen LogP contribution is -2.05. The van der Waals surface area contributed by atoms with E-state index in [0.717, 1.165) is 24.8 Å². The molecule has 0 fully saturated rings. The Morgan fingerprint density at radius 1 is 0.966 bits per heavy atom. The van der Waals surface area contributed by atoms with Crippen LogP contribution < -0.4 is 14.2 Å². The maximum Gasteiger partial charge on any atom is 0.363 e. The smallest absolute Gasteiger partial charge is 0.363 e. The highest BCUT2D eigenvalue weighted by molar-refractivity contribution is 6.13. The highest BCUT2D eigenvalue weighted by Gasteiger charge is 2.25. The Balaban J connectivity index is 1.91. The SMILES string of the molecule is CCCCc1ccc(C2=NC(=Cc3ccc(OC)c(OC)c3OC)C(=O)O2)cc1. The van der Waals surface area contributed by atoms with Gasteiger partial charge in [-0.25, -0.2) is 9.79 Å². The van der Waals surface area contributed by atoms with Gasteiger partial charge >= 0.3 is 5.97 Å². The molecule has 0 bridgehead atoms. The number of methoxy groups -OCH3 is 3. The van der Waals surface area contributed by atoms with Crippen molar-refractivity contribution in [1.82, 2.24) is 0 Å². The van der Waals surface area contributed by atoms with E-state index in [1.54, 1.807) is 25.3 Å². The first-order valence-corrected chi connectivity index (χ1v) is 9.52. The van der Waals surface area contributed by atoms with E-state index in [2.05, 4.69) is 11.9 Å². The molecule has 0 atom stereocenters. The first-order chi connectivity index (χ1) is 14.1. The van der Waals surface area contributed by atoms with Gasteiger partial charge in [-0.15, -0.1) is 0 Å². The van der Waals surface area contributed by atoms with Crippen molar-refractivity contribution < 1.29 is 23.7 Å². The third-order valence-electron chi connectivity index (χ3n) is 4.67. The van der Waals surface area contributed by atoms with Crippen molar-refractivity contribution in [3.63, 3.8) is 0 Å². The third kappa shape index (κ3) is 4.42. The van der Waals surface area contributed by atoms with Gasteiger partial charge < -0.3 is 18.9 Å². The van der Waals surface area contributed by atoms with Gasteiger partial charge in [0.2, 0.25) is 11.6 Å². The molecule has 3 rings (SSSR count). The Morgan fingerprint density at radius 3 is 2.31 bits per heavy atom. The molecule has 0 aromatic heterocycles. The summed E-state index contributed by atoms with van der Waals surface area (Å²) >= 11 is 0. The van der Waals surface area contributed by atoms with Crippen molar-refractivity contribution in [3.05, 3.63) is 58.8 Å². The van der Waals surface area contributed by atoms with Crippen LogP contribution in [0, 0.1) is 0 Å². The van der Waals surface area contributed by atoms with E-state index in [-0.39, 0.29) is 5.70 Å². The molecule has 1 aliphatic rings. The number of hydrogen-bond acceptors (Lipinski definition) is 6. The number of aliphatic imine (C=N–C) groups is 1. The number of unbranched alkanes of at least 4 members (excludes halogenated alkanes) is 1. The fourth-order valence-corrected chi connectivity index (χ4v) is 3.11. The van der Waals surface area contributed by atoms with Crippen LogP contribution in [0.1, 0.15) is 36.5 Å². The van der Waals surface area contributed by atoms with E-state index in [1.807, 2.05) is 24.3 Å². The first-order valence-electron chi connectivity index (χ1n) is 9.52. The second-order valence-corrected chi connectivity index (χ2v) is 6.56. The first kappa shape index (κ1) is 20.5. The quantitative estimate of drug-likeness (QED) is 0.490. The molecule has 2 aromatic rings. The van der Waals surface area contributed by atoms with Crippen LogP contribution in [0.15, 0.2) is 47.1 Å². The van der Waals surface area contributed by atoms with Crippen molar-refractivity contribution in [2.45, 2.75) is 26.2 Å². The summed E-state index contributed by atoms with van der Waals surface area (Å²) in [6, 6.07) is 11.5. The summed E-state index contributed by atoms with van der Waals surface area (Å²) in [5, 5.41) is 0. The number of carbonyl (C=O) groups excluding carboxylic acids is 1. The van der Waals surface area contributed by atoms with Gasteiger partial charge in [-0.05, 0) is 48.7 Å². The lowest BCUT2D eigenvalue weighted by atomic mass is 10.1. The molecule has 2 aromatic carbocycles. The van der Waals surface area contributed by atoms with Crippen LogP contribution in [0.4, 0.5) is 0 Å². The average Bonchev–Trinajstić information content (AvgIpc) is 3.12. The van der Waals surface area contributed by atoms with Crippen molar-refractivity contribution >= 4 is 17.9 Å². The fraction of sp³-hybridized carbons (Fsp3) is 0.304. The molecule has 0 aliphatic carbocycles. The van der Waals surface area contributed by atoms with E-state index in [4.69, 9.17) is 18.9 Å². The van der Waals surface area contributed by atoms with E-state index < -0.39 is 5.97 Å². The Bertz CT molecular complexity index is 944. The van der Waals surface area contributed by atoms with E-state index >= 15 is 0 Å². The van der Waals surface area contributed by atoms with Crippen molar-refractivity contribution in [2.24, 2.45) is 4.99 Å². The predicted molar refractivity (Wildman–Crippen MR) is 112 cm³/mol. The molecule has 0 amide bonds. The van der Waals surface area contributed by atoms with Gasteiger partial charge in [0.05, 0.1) is 21.3 Å². The third-order valence-corrected chi connectivity index (χ3v) is 4.67. The minimum absolute atomic E-state index is 0.195. The van der Waals surface area contributed by atoms with E-state index in [0.29, 0.717) is 28.7 Å². The molecule has 0 radical (unpaired) electrons. The molecule has 0 saturated heterocycles. The fourth-order valence-electron chi connectivity index (χ4n) is 3.11. The molecule has 0 N–H and O–H groups in total. The second kappa shape index (κ2) is 9.28. The molecule has 1 heterocycles. The zero-order valence-corrected chi connectivity index (χ0v) is 17.2. The molecule has 29 heavy (non-hydrogen) atoms. The van der Waals surface area contributed by atoms with Crippen LogP contribution in [0.5, 0.6) is 17.2 Å². The van der Waals surface area contributed by atoms with Gasteiger partial charge in [0, 0.05) is 11.1 Å². The number of benzene rings is 2.